The van der Waals surface area contributed by atoms with Gasteiger partial charge in [0.15, 0.2) is 0 Å². The average molecular weight is 325 g/mol. The predicted octanol–water partition coefficient (Wildman–Crippen LogP) is 1.97. The molecule has 1 N–H and O–H groups in total. The monoisotopic (exact) mass is 325 g/mol. The van der Waals surface area contributed by atoms with Gasteiger partial charge in [-0.25, -0.2) is 4.68 Å². The van der Waals surface area contributed by atoms with Crippen LogP contribution in [0.4, 0.5) is 0 Å². The van der Waals surface area contributed by atoms with Crippen LogP contribution < -0.4 is 11.1 Å². The molecule has 3 heterocycles. The lowest BCUT2D eigenvalue weighted by atomic mass is 10.2. The molecule has 3 aromatic rings. The summed E-state index contributed by atoms with van der Waals surface area (Å²) in [4.78, 5) is 25.3. The molecule has 4 rings (SSSR count). The minimum absolute atomic E-state index is 0.0501. The molecular weight excluding hydrogens is 306 g/mol. The van der Waals surface area contributed by atoms with Crippen LogP contribution in [-0.2, 0) is 11.3 Å². The first-order valence-corrected chi connectivity index (χ1v) is 8.17. The normalized spacial score (nSPS) is 17.6. The fraction of sp³-hybridized carbons (Fsp3) is 0.333. The van der Waals surface area contributed by atoms with Crippen LogP contribution in [0.2, 0.25) is 0 Å². The van der Waals surface area contributed by atoms with Gasteiger partial charge in [0.25, 0.3) is 11.1 Å². The van der Waals surface area contributed by atoms with E-state index in [0.29, 0.717) is 23.1 Å². The van der Waals surface area contributed by atoms with Crippen molar-refractivity contribution in [2.75, 3.05) is 6.61 Å². The van der Waals surface area contributed by atoms with Crippen molar-refractivity contribution in [2.24, 2.45) is 0 Å². The van der Waals surface area contributed by atoms with Crippen LogP contribution in [-0.4, -0.2) is 27.1 Å². The molecule has 1 aliphatic rings. The molecule has 1 fully saturated rings. The van der Waals surface area contributed by atoms with E-state index < -0.39 is 0 Å². The second-order valence-electron chi connectivity index (χ2n) is 6.19. The summed E-state index contributed by atoms with van der Waals surface area (Å²) in [6.45, 7) is 3.06. The lowest BCUT2D eigenvalue weighted by molar-refractivity contribution is 0.0958. The summed E-state index contributed by atoms with van der Waals surface area (Å²) in [6, 6.07) is 10.8. The number of aromatic amines is 1. The largest absolute Gasteiger partial charge is 0.376 e. The maximum atomic E-state index is 12.8. The van der Waals surface area contributed by atoms with Gasteiger partial charge < -0.3 is 9.30 Å². The first-order chi connectivity index (χ1) is 11.6. The van der Waals surface area contributed by atoms with Crippen LogP contribution in [0.1, 0.15) is 18.5 Å². The molecule has 1 saturated heterocycles. The Labute approximate surface area is 138 Å². The van der Waals surface area contributed by atoms with Crippen molar-refractivity contribution in [2.45, 2.75) is 32.4 Å². The third-order valence-corrected chi connectivity index (χ3v) is 4.64. The highest BCUT2D eigenvalue weighted by Gasteiger charge is 2.20. The van der Waals surface area contributed by atoms with Crippen molar-refractivity contribution in [3.8, 4) is 5.69 Å². The Hall–Kier alpha value is -2.60. The summed E-state index contributed by atoms with van der Waals surface area (Å²) in [5.41, 5.74) is 1.74. The number of pyridine rings is 1. The number of hydrogen-bond acceptors (Lipinski definition) is 3. The number of hydrogen-bond donors (Lipinski definition) is 1. The predicted molar refractivity (Wildman–Crippen MR) is 91.9 cm³/mol. The van der Waals surface area contributed by atoms with E-state index in [1.807, 2.05) is 37.3 Å². The smallest absolute Gasteiger partial charge is 0.280 e. The Morgan fingerprint density at radius 1 is 1.25 bits per heavy atom. The van der Waals surface area contributed by atoms with E-state index in [1.165, 1.54) is 10.7 Å². The number of nitrogens with one attached hydrogen (secondary N) is 1. The van der Waals surface area contributed by atoms with Crippen LogP contribution in [0.5, 0.6) is 0 Å². The van der Waals surface area contributed by atoms with Gasteiger partial charge in [-0.3, -0.25) is 14.7 Å². The Balaban J connectivity index is 1.88. The number of benzene rings is 1. The number of H-pyrrole nitrogens is 1. The van der Waals surface area contributed by atoms with Gasteiger partial charge >= 0.3 is 0 Å². The zero-order valence-electron chi connectivity index (χ0n) is 13.5. The Morgan fingerprint density at radius 3 is 2.75 bits per heavy atom. The third kappa shape index (κ3) is 2.39. The maximum absolute atomic E-state index is 12.8. The van der Waals surface area contributed by atoms with Crippen molar-refractivity contribution in [1.29, 1.82) is 0 Å². The second kappa shape index (κ2) is 5.79. The van der Waals surface area contributed by atoms with Crippen molar-refractivity contribution in [3.05, 3.63) is 62.8 Å². The van der Waals surface area contributed by atoms with Crippen LogP contribution >= 0.6 is 0 Å². The molecule has 1 aromatic carbocycles. The van der Waals surface area contributed by atoms with E-state index in [9.17, 15) is 9.59 Å². The third-order valence-electron chi connectivity index (χ3n) is 4.64. The summed E-state index contributed by atoms with van der Waals surface area (Å²) in [5.74, 6) is 0. The average Bonchev–Trinajstić information content (AvgIpc) is 3.20. The molecule has 6 heteroatoms. The van der Waals surface area contributed by atoms with Gasteiger partial charge in [0.05, 0.1) is 29.2 Å². The summed E-state index contributed by atoms with van der Waals surface area (Å²) < 4.78 is 8.77. The maximum Gasteiger partial charge on any atom is 0.280 e. The summed E-state index contributed by atoms with van der Waals surface area (Å²) in [5, 5.41) is 3.59. The van der Waals surface area contributed by atoms with Gasteiger partial charge in [0, 0.05) is 18.4 Å². The highest BCUT2D eigenvalue weighted by molar-refractivity contribution is 5.80. The van der Waals surface area contributed by atoms with E-state index in [-0.39, 0.29) is 17.2 Å². The summed E-state index contributed by atoms with van der Waals surface area (Å²) >= 11 is 0. The molecule has 0 saturated carbocycles. The molecule has 0 spiro atoms. The fourth-order valence-electron chi connectivity index (χ4n) is 3.39. The first kappa shape index (κ1) is 15.0. The standard InChI is InChI=1S/C18H19N3O3/c1-12-17-15(10-16(22)20(12)11-14-8-5-9-24-14)19-21(18(17)23)13-6-3-2-4-7-13/h2-4,6-7,10,14,19H,5,8-9,11H2,1H3/t14-/m0/s1. The number of para-hydroxylation sites is 1. The molecule has 0 bridgehead atoms. The highest BCUT2D eigenvalue weighted by Crippen LogP contribution is 2.17. The van der Waals surface area contributed by atoms with Gasteiger partial charge in [-0.15, -0.1) is 0 Å². The summed E-state index contributed by atoms with van der Waals surface area (Å²) in [6.07, 6.45) is 2.02. The number of fused-ring (bicyclic) bond motifs is 1. The van der Waals surface area contributed by atoms with Crippen molar-refractivity contribution < 1.29 is 4.74 Å². The van der Waals surface area contributed by atoms with Crippen molar-refractivity contribution in [1.82, 2.24) is 14.3 Å². The topological polar surface area (TPSA) is 69.0 Å². The number of aryl methyl sites for hydroxylation is 1. The first-order valence-electron chi connectivity index (χ1n) is 8.17. The SMILES string of the molecule is Cc1c2c(=O)n(-c3ccccc3)[nH]c2cc(=O)n1C[C@@H]1CCCO1. The van der Waals surface area contributed by atoms with Gasteiger partial charge in [-0.1, -0.05) is 18.2 Å². The number of aromatic nitrogens is 3. The molecular formula is C18H19N3O3. The van der Waals surface area contributed by atoms with E-state index in [1.54, 1.807) is 4.57 Å². The molecule has 2 aromatic heterocycles. The van der Waals surface area contributed by atoms with E-state index >= 15 is 0 Å². The Morgan fingerprint density at radius 2 is 2.04 bits per heavy atom. The molecule has 6 nitrogen and oxygen atoms in total. The van der Waals surface area contributed by atoms with E-state index in [0.717, 1.165) is 25.1 Å². The van der Waals surface area contributed by atoms with Gasteiger partial charge in [-0.2, -0.15) is 0 Å². The molecule has 0 radical (unpaired) electrons. The quantitative estimate of drug-likeness (QED) is 0.800. The molecule has 124 valence electrons. The van der Waals surface area contributed by atoms with Gasteiger partial charge in [-0.05, 0) is 31.9 Å². The second-order valence-corrected chi connectivity index (χ2v) is 6.19. The van der Waals surface area contributed by atoms with Crippen LogP contribution in [0.15, 0.2) is 46.0 Å². The molecule has 0 aliphatic carbocycles. The van der Waals surface area contributed by atoms with Crippen molar-refractivity contribution >= 4 is 10.9 Å². The highest BCUT2D eigenvalue weighted by atomic mass is 16.5. The molecule has 24 heavy (non-hydrogen) atoms. The minimum atomic E-state index is -0.144. The molecule has 0 unspecified atom stereocenters. The molecule has 1 aliphatic heterocycles. The lowest BCUT2D eigenvalue weighted by Crippen LogP contribution is -2.28. The Bertz CT molecular complexity index is 992. The van der Waals surface area contributed by atoms with Crippen LogP contribution in [0.3, 0.4) is 0 Å². The van der Waals surface area contributed by atoms with E-state index in [4.69, 9.17) is 4.74 Å². The number of ether oxygens (including phenoxy) is 1. The number of nitrogens with zero attached hydrogens (tertiary/aromatic N) is 2. The van der Waals surface area contributed by atoms with E-state index in [2.05, 4.69) is 5.10 Å². The minimum Gasteiger partial charge on any atom is -0.376 e. The Kier molecular flexibility index (Phi) is 3.61. The lowest BCUT2D eigenvalue weighted by Gasteiger charge is -2.14. The fourth-order valence-corrected chi connectivity index (χ4v) is 3.39. The molecule has 0 amide bonds. The van der Waals surface area contributed by atoms with Crippen LogP contribution in [0, 0.1) is 6.92 Å². The zero-order chi connectivity index (χ0) is 16.7. The summed E-state index contributed by atoms with van der Waals surface area (Å²) in [7, 11) is 0. The van der Waals surface area contributed by atoms with Crippen molar-refractivity contribution in [3.63, 3.8) is 0 Å². The van der Waals surface area contributed by atoms with Gasteiger partial charge in [0.1, 0.15) is 0 Å². The van der Waals surface area contributed by atoms with Gasteiger partial charge in [0.2, 0.25) is 0 Å². The molecule has 1 atom stereocenters. The zero-order valence-corrected chi connectivity index (χ0v) is 13.5. The van der Waals surface area contributed by atoms with Crippen LogP contribution in [0.25, 0.3) is 16.6 Å². The number of rotatable bonds is 3.